The lowest BCUT2D eigenvalue weighted by Crippen LogP contribution is -2.47. The van der Waals surface area contributed by atoms with Gasteiger partial charge in [-0.1, -0.05) is 74.0 Å². The van der Waals surface area contributed by atoms with Crippen molar-refractivity contribution in [1.82, 2.24) is 0 Å². The van der Waals surface area contributed by atoms with Gasteiger partial charge < -0.3 is 14.1 Å². The number of unbranched alkanes of at least 4 members (excludes halogenated alkanes) is 1. The molecule has 0 unspecified atom stereocenters. The van der Waals surface area contributed by atoms with Gasteiger partial charge in [0.05, 0.1) is 6.51 Å². The van der Waals surface area contributed by atoms with Crippen LogP contribution in [0.2, 0.25) is 0 Å². The van der Waals surface area contributed by atoms with Gasteiger partial charge in [-0.25, -0.2) is 0 Å². The van der Waals surface area contributed by atoms with Crippen LogP contribution in [0.5, 0.6) is 0 Å². The van der Waals surface area contributed by atoms with Crippen LogP contribution in [-0.2, 0) is 9.08 Å². The van der Waals surface area contributed by atoms with Gasteiger partial charge in [0.1, 0.15) is 0 Å². The Balaban J connectivity index is 2.00. The largest absolute Gasteiger partial charge is 0.480 e. The molecule has 0 amide bonds. The summed E-state index contributed by atoms with van der Waals surface area (Å²) in [6, 6.07) is 20.5. The summed E-state index contributed by atoms with van der Waals surface area (Å²) < 4.78 is 11.4. The molecule has 0 fully saturated rings. The molecule has 2 rings (SSSR count). The van der Waals surface area contributed by atoms with Crippen molar-refractivity contribution in [2.24, 2.45) is 0 Å². The lowest BCUT2D eigenvalue weighted by molar-refractivity contribution is 0.225. The fourth-order valence-corrected chi connectivity index (χ4v) is 4.50. The smallest absolute Gasteiger partial charge is 0.425 e. The van der Waals surface area contributed by atoms with Gasteiger partial charge in [-0.05, 0) is 16.8 Å². The Bertz CT molecular complexity index is 484. The van der Waals surface area contributed by atoms with Crippen LogP contribution in [0.1, 0.15) is 19.8 Å². The summed E-state index contributed by atoms with van der Waals surface area (Å²) >= 11 is 0. The maximum atomic E-state index is 9.89. The third kappa shape index (κ3) is 5.42. The van der Waals surface area contributed by atoms with Gasteiger partial charge in [0.2, 0.25) is 9.04 Å². The Kier molecular flexibility index (Phi) is 7.39. The third-order valence-electron chi connectivity index (χ3n) is 3.42. The predicted molar refractivity (Wildman–Crippen MR) is 94.1 cm³/mol. The van der Waals surface area contributed by atoms with Crippen LogP contribution in [0.4, 0.5) is 0 Å². The SMILES string of the molecule is CCCCOB(O)CO[SiH](c1ccccc1)c1ccccc1. The summed E-state index contributed by atoms with van der Waals surface area (Å²) in [7, 11) is -2.64. The van der Waals surface area contributed by atoms with Crippen molar-refractivity contribution < 1.29 is 14.1 Å². The van der Waals surface area contributed by atoms with E-state index in [1.807, 2.05) is 36.4 Å². The summed E-state index contributed by atoms with van der Waals surface area (Å²) in [6.07, 6.45) is 2.01. The van der Waals surface area contributed by atoms with Crippen LogP contribution in [0.3, 0.4) is 0 Å². The highest BCUT2D eigenvalue weighted by Gasteiger charge is 2.21. The summed E-state index contributed by atoms with van der Waals surface area (Å²) in [6.45, 7) is 2.88. The average Bonchev–Trinajstić information content (AvgIpc) is 2.57. The highest BCUT2D eigenvalue weighted by molar-refractivity contribution is 6.80. The fraction of sp³-hybridized carbons (Fsp3) is 0.294. The number of rotatable bonds is 9. The molecule has 22 heavy (non-hydrogen) atoms. The van der Waals surface area contributed by atoms with Crippen molar-refractivity contribution in [2.45, 2.75) is 19.8 Å². The molecular weight excluding hydrogens is 291 g/mol. The maximum Gasteiger partial charge on any atom is 0.480 e. The second kappa shape index (κ2) is 9.58. The highest BCUT2D eigenvalue weighted by atomic mass is 28.3. The minimum absolute atomic E-state index is 0.213. The van der Waals surface area contributed by atoms with E-state index in [4.69, 9.17) is 9.08 Å². The van der Waals surface area contributed by atoms with Crippen molar-refractivity contribution in [3.63, 3.8) is 0 Å². The van der Waals surface area contributed by atoms with Gasteiger partial charge in [0, 0.05) is 6.61 Å². The third-order valence-corrected chi connectivity index (χ3v) is 5.92. The fourth-order valence-electron chi connectivity index (χ4n) is 2.23. The van der Waals surface area contributed by atoms with Crippen LogP contribution in [-0.4, -0.2) is 34.3 Å². The number of hydrogen-bond donors (Lipinski definition) is 1. The Morgan fingerprint density at radius 1 is 0.955 bits per heavy atom. The first-order chi connectivity index (χ1) is 10.8. The minimum atomic E-state index is -1.79. The summed E-state index contributed by atoms with van der Waals surface area (Å²) in [5.41, 5.74) is 0. The molecule has 0 aliphatic heterocycles. The van der Waals surface area contributed by atoms with Gasteiger partial charge in [-0.15, -0.1) is 0 Å². The first kappa shape index (κ1) is 17.0. The molecular formula is C17H23BO3Si. The van der Waals surface area contributed by atoms with E-state index in [1.165, 1.54) is 10.4 Å². The van der Waals surface area contributed by atoms with Gasteiger partial charge in [0.25, 0.3) is 0 Å². The zero-order valence-corrected chi connectivity index (χ0v) is 14.2. The van der Waals surface area contributed by atoms with Crippen molar-refractivity contribution in [1.29, 1.82) is 0 Å². The maximum absolute atomic E-state index is 9.89. The van der Waals surface area contributed by atoms with Crippen LogP contribution >= 0.6 is 0 Å². The van der Waals surface area contributed by atoms with Crippen LogP contribution in [0, 0.1) is 0 Å². The van der Waals surface area contributed by atoms with E-state index < -0.39 is 16.2 Å². The monoisotopic (exact) mass is 314 g/mol. The zero-order chi connectivity index (χ0) is 15.6. The number of hydrogen-bond acceptors (Lipinski definition) is 3. The first-order valence-corrected chi connectivity index (χ1v) is 9.45. The second-order valence-corrected chi connectivity index (χ2v) is 7.64. The highest BCUT2D eigenvalue weighted by Crippen LogP contribution is 1.97. The Morgan fingerprint density at radius 2 is 1.50 bits per heavy atom. The van der Waals surface area contributed by atoms with E-state index in [2.05, 4.69) is 31.2 Å². The van der Waals surface area contributed by atoms with Crippen molar-refractivity contribution in [3.8, 4) is 0 Å². The molecule has 2 aromatic carbocycles. The molecule has 3 nitrogen and oxygen atoms in total. The predicted octanol–water partition coefficient (Wildman–Crippen LogP) is 1.38. The minimum Gasteiger partial charge on any atom is -0.425 e. The second-order valence-electron chi connectivity index (χ2n) is 5.21. The molecule has 0 saturated heterocycles. The molecule has 116 valence electrons. The molecule has 0 aromatic heterocycles. The Morgan fingerprint density at radius 3 is 2.00 bits per heavy atom. The summed E-state index contributed by atoms with van der Waals surface area (Å²) in [5, 5.41) is 12.3. The number of benzene rings is 2. The van der Waals surface area contributed by atoms with E-state index in [0.29, 0.717) is 6.61 Å². The van der Waals surface area contributed by atoms with Gasteiger partial charge in [-0.3, -0.25) is 0 Å². The van der Waals surface area contributed by atoms with Gasteiger partial charge in [-0.2, -0.15) is 0 Å². The standard InChI is InChI=1S/C17H23BO3Si/c1-2-3-14-20-18(19)15-21-22(16-10-6-4-7-11-16)17-12-8-5-9-13-17/h4-13,19,22H,2-3,14-15H2,1H3. The Hall–Kier alpha value is -1.40. The molecule has 0 bridgehead atoms. The van der Waals surface area contributed by atoms with E-state index in [-0.39, 0.29) is 6.51 Å². The quantitative estimate of drug-likeness (QED) is 0.561. The summed E-state index contributed by atoms with van der Waals surface area (Å²) in [5.74, 6) is 0. The molecule has 0 saturated carbocycles. The molecule has 0 spiro atoms. The van der Waals surface area contributed by atoms with E-state index in [0.717, 1.165) is 12.8 Å². The topological polar surface area (TPSA) is 38.7 Å². The van der Waals surface area contributed by atoms with E-state index >= 15 is 0 Å². The van der Waals surface area contributed by atoms with Gasteiger partial charge in [0.15, 0.2) is 0 Å². The van der Waals surface area contributed by atoms with Crippen molar-refractivity contribution in [3.05, 3.63) is 60.7 Å². The van der Waals surface area contributed by atoms with E-state index in [9.17, 15) is 5.02 Å². The average molecular weight is 314 g/mol. The molecule has 0 atom stereocenters. The molecule has 0 heterocycles. The normalized spacial score (nSPS) is 10.9. The van der Waals surface area contributed by atoms with Crippen molar-refractivity contribution >= 4 is 26.5 Å². The Labute approximate surface area is 134 Å². The summed E-state index contributed by atoms with van der Waals surface area (Å²) in [4.78, 5) is 0. The van der Waals surface area contributed by atoms with Gasteiger partial charge >= 0.3 is 7.12 Å². The molecule has 1 N–H and O–H groups in total. The molecule has 0 aliphatic rings. The van der Waals surface area contributed by atoms with Crippen LogP contribution in [0.25, 0.3) is 0 Å². The van der Waals surface area contributed by atoms with Crippen LogP contribution in [0.15, 0.2) is 60.7 Å². The van der Waals surface area contributed by atoms with E-state index in [1.54, 1.807) is 0 Å². The molecule has 0 radical (unpaired) electrons. The van der Waals surface area contributed by atoms with Crippen LogP contribution < -0.4 is 10.4 Å². The molecule has 5 heteroatoms. The lowest BCUT2D eigenvalue weighted by atomic mass is 9.94. The molecule has 0 aliphatic carbocycles. The lowest BCUT2D eigenvalue weighted by Gasteiger charge is -2.18. The zero-order valence-electron chi connectivity index (χ0n) is 13.0. The van der Waals surface area contributed by atoms with Crippen molar-refractivity contribution in [2.75, 3.05) is 13.1 Å². The first-order valence-electron chi connectivity index (χ1n) is 7.82. The molecule has 2 aromatic rings.